The Morgan fingerprint density at radius 1 is 1.33 bits per heavy atom. The molecule has 0 radical (unpaired) electrons. The molecule has 3 heteroatoms. The van der Waals surface area contributed by atoms with Crippen LogP contribution in [-0.2, 0) is 13.6 Å². The molecule has 1 fully saturated rings. The molecule has 96 valence electrons. The Bertz CT molecular complexity index is 544. The van der Waals surface area contributed by atoms with Crippen LogP contribution in [0, 0.1) is 0 Å². The number of aromatic nitrogens is 1. The van der Waals surface area contributed by atoms with Gasteiger partial charge < -0.3 is 9.88 Å². The maximum atomic E-state index is 3.49. The van der Waals surface area contributed by atoms with Crippen molar-refractivity contribution in [3.63, 3.8) is 0 Å². The summed E-state index contributed by atoms with van der Waals surface area (Å²) in [5.41, 5.74) is 2.78. The van der Waals surface area contributed by atoms with E-state index in [1.54, 1.807) is 0 Å². The minimum Gasteiger partial charge on any atom is -0.350 e. The van der Waals surface area contributed by atoms with E-state index in [1.165, 1.54) is 16.5 Å². The minimum atomic E-state index is 0.605. The molecule has 0 saturated carbocycles. The van der Waals surface area contributed by atoms with Crippen LogP contribution in [0.5, 0.6) is 0 Å². The molecule has 1 aliphatic rings. The summed E-state index contributed by atoms with van der Waals surface area (Å²) in [7, 11) is 2.13. The number of hydrogen-bond acceptors (Lipinski definition) is 2. The van der Waals surface area contributed by atoms with E-state index in [2.05, 4.69) is 59.2 Å². The first-order chi connectivity index (χ1) is 8.74. The van der Waals surface area contributed by atoms with Crippen molar-refractivity contribution in [1.82, 2.24) is 14.8 Å². The van der Waals surface area contributed by atoms with E-state index < -0.39 is 0 Å². The summed E-state index contributed by atoms with van der Waals surface area (Å²) in [6.45, 7) is 6.71. The van der Waals surface area contributed by atoms with Crippen molar-refractivity contribution in [3.05, 3.63) is 36.0 Å². The first-order valence-corrected chi connectivity index (χ1v) is 6.73. The van der Waals surface area contributed by atoms with Crippen LogP contribution in [0.1, 0.15) is 12.5 Å². The lowest BCUT2D eigenvalue weighted by molar-refractivity contribution is 0.200. The van der Waals surface area contributed by atoms with Crippen molar-refractivity contribution in [2.45, 2.75) is 19.5 Å². The van der Waals surface area contributed by atoms with Gasteiger partial charge in [0.05, 0.1) is 0 Å². The first-order valence-electron chi connectivity index (χ1n) is 6.73. The number of aryl methyl sites for hydroxylation is 1. The van der Waals surface area contributed by atoms with Gasteiger partial charge in [-0.3, -0.25) is 4.90 Å². The molecule has 1 saturated heterocycles. The molecule has 1 aromatic heterocycles. The standard InChI is InChI=1S/C15H21N3/c1-12-9-18(8-7-16-12)11-13-10-17(2)15-6-4-3-5-14(13)15/h3-6,10,12,16H,7-9,11H2,1-2H3. The Kier molecular flexibility index (Phi) is 3.10. The normalized spacial score (nSPS) is 21.6. The molecule has 2 aromatic rings. The minimum absolute atomic E-state index is 0.605. The van der Waals surface area contributed by atoms with Crippen molar-refractivity contribution in [2.24, 2.45) is 7.05 Å². The molecule has 0 amide bonds. The van der Waals surface area contributed by atoms with Crippen molar-refractivity contribution < 1.29 is 0 Å². The number of para-hydroxylation sites is 1. The molecular weight excluding hydrogens is 222 g/mol. The third kappa shape index (κ3) is 2.16. The van der Waals surface area contributed by atoms with E-state index in [0.717, 1.165) is 26.2 Å². The molecule has 1 N–H and O–H groups in total. The maximum Gasteiger partial charge on any atom is 0.0481 e. The monoisotopic (exact) mass is 243 g/mol. The zero-order valence-corrected chi connectivity index (χ0v) is 11.2. The van der Waals surface area contributed by atoms with E-state index in [4.69, 9.17) is 0 Å². The molecule has 0 aliphatic carbocycles. The Hall–Kier alpha value is -1.32. The molecule has 1 aliphatic heterocycles. The van der Waals surface area contributed by atoms with E-state index in [0.29, 0.717) is 6.04 Å². The summed E-state index contributed by atoms with van der Waals surface area (Å²) in [5.74, 6) is 0. The number of fused-ring (bicyclic) bond motifs is 1. The third-order valence-corrected chi connectivity index (χ3v) is 3.83. The summed E-state index contributed by atoms with van der Waals surface area (Å²) in [5, 5.41) is 4.89. The highest BCUT2D eigenvalue weighted by Gasteiger charge is 2.17. The number of piperazine rings is 1. The molecule has 1 atom stereocenters. The molecule has 18 heavy (non-hydrogen) atoms. The van der Waals surface area contributed by atoms with Crippen molar-refractivity contribution in [1.29, 1.82) is 0 Å². The van der Waals surface area contributed by atoms with Gasteiger partial charge in [-0.1, -0.05) is 18.2 Å². The average Bonchev–Trinajstić information content (AvgIpc) is 2.67. The fourth-order valence-corrected chi connectivity index (χ4v) is 2.95. The highest BCUT2D eigenvalue weighted by molar-refractivity contribution is 5.83. The molecule has 1 unspecified atom stereocenters. The predicted molar refractivity (Wildman–Crippen MR) is 75.7 cm³/mol. The van der Waals surface area contributed by atoms with Crippen LogP contribution in [0.15, 0.2) is 30.5 Å². The fraction of sp³-hybridized carbons (Fsp3) is 0.467. The van der Waals surface area contributed by atoms with Gasteiger partial charge in [0.2, 0.25) is 0 Å². The first kappa shape index (κ1) is 11.8. The lowest BCUT2D eigenvalue weighted by Gasteiger charge is -2.31. The Morgan fingerprint density at radius 2 is 2.17 bits per heavy atom. The smallest absolute Gasteiger partial charge is 0.0481 e. The molecule has 3 rings (SSSR count). The topological polar surface area (TPSA) is 20.2 Å². The number of nitrogens with one attached hydrogen (secondary N) is 1. The second-order valence-electron chi connectivity index (χ2n) is 5.37. The lowest BCUT2D eigenvalue weighted by atomic mass is 10.1. The van der Waals surface area contributed by atoms with Crippen LogP contribution in [0.25, 0.3) is 10.9 Å². The molecule has 3 nitrogen and oxygen atoms in total. The van der Waals surface area contributed by atoms with Crippen molar-refractivity contribution >= 4 is 10.9 Å². The van der Waals surface area contributed by atoms with Gasteiger partial charge in [0, 0.05) is 56.4 Å². The van der Waals surface area contributed by atoms with Gasteiger partial charge in [-0.15, -0.1) is 0 Å². The van der Waals surface area contributed by atoms with Gasteiger partial charge in [-0.05, 0) is 18.6 Å². The van der Waals surface area contributed by atoms with Crippen LogP contribution in [0.3, 0.4) is 0 Å². The second kappa shape index (κ2) is 4.75. The Morgan fingerprint density at radius 3 is 3.00 bits per heavy atom. The van der Waals surface area contributed by atoms with Gasteiger partial charge in [0.1, 0.15) is 0 Å². The fourth-order valence-electron chi connectivity index (χ4n) is 2.95. The van der Waals surface area contributed by atoms with E-state index in [1.807, 2.05) is 0 Å². The summed E-state index contributed by atoms with van der Waals surface area (Å²) < 4.78 is 2.23. The molecule has 1 aromatic carbocycles. The van der Waals surface area contributed by atoms with E-state index in [-0.39, 0.29) is 0 Å². The second-order valence-corrected chi connectivity index (χ2v) is 5.37. The van der Waals surface area contributed by atoms with Gasteiger partial charge in [0.25, 0.3) is 0 Å². The largest absolute Gasteiger partial charge is 0.350 e. The number of nitrogens with zero attached hydrogens (tertiary/aromatic N) is 2. The van der Waals surface area contributed by atoms with Crippen LogP contribution in [0.2, 0.25) is 0 Å². The highest BCUT2D eigenvalue weighted by Crippen LogP contribution is 2.22. The number of hydrogen-bond donors (Lipinski definition) is 1. The van der Waals surface area contributed by atoms with E-state index >= 15 is 0 Å². The van der Waals surface area contributed by atoms with Gasteiger partial charge in [-0.2, -0.15) is 0 Å². The van der Waals surface area contributed by atoms with Crippen LogP contribution in [0.4, 0.5) is 0 Å². The summed E-state index contributed by atoms with van der Waals surface area (Å²) in [6.07, 6.45) is 2.28. The van der Waals surface area contributed by atoms with Gasteiger partial charge in [0.15, 0.2) is 0 Å². The SMILES string of the molecule is CC1CN(Cc2cn(C)c3ccccc23)CCN1. The van der Waals surface area contributed by atoms with Crippen LogP contribution < -0.4 is 5.32 Å². The zero-order chi connectivity index (χ0) is 12.5. The summed E-state index contributed by atoms with van der Waals surface area (Å²) in [6, 6.07) is 9.27. The molecular formula is C15H21N3. The van der Waals surface area contributed by atoms with Crippen LogP contribution in [-0.4, -0.2) is 35.1 Å². The van der Waals surface area contributed by atoms with E-state index in [9.17, 15) is 0 Å². The number of rotatable bonds is 2. The Balaban J connectivity index is 1.86. The summed E-state index contributed by atoms with van der Waals surface area (Å²) >= 11 is 0. The third-order valence-electron chi connectivity index (χ3n) is 3.83. The van der Waals surface area contributed by atoms with Crippen molar-refractivity contribution in [2.75, 3.05) is 19.6 Å². The highest BCUT2D eigenvalue weighted by atomic mass is 15.2. The zero-order valence-electron chi connectivity index (χ0n) is 11.2. The Labute approximate surface area is 108 Å². The average molecular weight is 243 g/mol. The predicted octanol–water partition coefficient (Wildman–Crippen LogP) is 1.97. The van der Waals surface area contributed by atoms with Crippen LogP contribution >= 0.6 is 0 Å². The van der Waals surface area contributed by atoms with Crippen molar-refractivity contribution in [3.8, 4) is 0 Å². The molecule has 2 heterocycles. The quantitative estimate of drug-likeness (QED) is 0.870. The van der Waals surface area contributed by atoms with Gasteiger partial charge >= 0.3 is 0 Å². The maximum absolute atomic E-state index is 3.49. The molecule has 0 bridgehead atoms. The number of benzene rings is 1. The molecule has 0 spiro atoms. The van der Waals surface area contributed by atoms with Gasteiger partial charge in [-0.25, -0.2) is 0 Å². The summed E-state index contributed by atoms with van der Waals surface area (Å²) in [4.78, 5) is 2.54. The lowest BCUT2D eigenvalue weighted by Crippen LogP contribution is -2.48.